The highest BCUT2D eigenvalue weighted by molar-refractivity contribution is 6.04. The van der Waals surface area contributed by atoms with E-state index in [4.69, 9.17) is 4.74 Å². The number of aromatic nitrogens is 2. The molecule has 4 amide bonds. The minimum atomic E-state index is -0.708. The summed E-state index contributed by atoms with van der Waals surface area (Å²) in [7, 11) is 1.53. The van der Waals surface area contributed by atoms with Gasteiger partial charge in [0.2, 0.25) is 11.8 Å². The quantitative estimate of drug-likeness (QED) is 0.185. The Morgan fingerprint density at radius 2 is 1.74 bits per heavy atom. The average Bonchev–Trinajstić information content (AvgIpc) is 3.73. The summed E-state index contributed by atoms with van der Waals surface area (Å²) in [6.07, 6.45) is 0.120. The lowest BCUT2D eigenvalue weighted by atomic mass is 10.1. The summed E-state index contributed by atoms with van der Waals surface area (Å²) < 4.78 is 5.54. The number of piperazine rings is 1. The molecule has 2 fully saturated rings. The molecule has 4 N–H and O–H groups in total. The number of hydrogen-bond acceptors (Lipinski definition) is 9. The van der Waals surface area contributed by atoms with Crippen molar-refractivity contribution in [3.63, 3.8) is 0 Å². The Morgan fingerprint density at radius 1 is 0.960 bits per heavy atom. The van der Waals surface area contributed by atoms with Crippen molar-refractivity contribution in [1.29, 1.82) is 0 Å². The highest BCUT2D eigenvalue weighted by atomic mass is 16.5. The molecule has 258 valence electrons. The molecule has 50 heavy (non-hydrogen) atoms. The van der Waals surface area contributed by atoms with E-state index in [0.29, 0.717) is 37.3 Å². The zero-order chi connectivity index (χ0) is 34.6. The first-order valence-corrected chi connectivity index (χ1v) is 16.8. The predicted octanol–water partition coefficient (Wildman–Crippen LogP) is 3.43. The Balaban J connectivity index is 0.896. The smallest absolute Gasteiger partial charge is 0.256 e. The number of anilines is 3. The van der Waals surface area contributed by atoms with Gasteiger partial charge in [0, 0.05) is 68.8 Å². The van der Waals surface area contributed by atoms with Crippen molar-refractivity contribution in [2.75, 3.05) is 48.8 Å². The molecular formula is C37H40N8O5. The number of carbonyl (C=O) groups excluding carboxylic acids is 4. The lowest BCUT2D eigenvalue weighted by Gasteiger charge is -2.36. The Kier molecular flexibility index (Phi) is 9.58. The molecule has 4 aromatic rings. The van der Waals surface area contributed by atoms with Gasteiger partial charge >= 0.3 is 0 Å². The van der Waals surface area contributed by atoms with Crippen LogP contribution in [0.1, 0.15) is 51.7 Å². The van der Waals surface area contributed by atoms with E-state index in [1.54, 1.807) is 4.90 Å². The number of amides is 4. The number of ether oxygens (including phenoxy) is 1. The third kappa shape index (κ3) is 7.24. The fraction of sp³-hybridized carbons (Fsp3) is 0.324. The second-order valence-electron chi connectivity index (χ2n) is 12.9. The van der Waals surface area contributed by atoms with Crippen molar-refractivity contribution in [3.8, 4) is 0 Å². The van der Waals surface area contributed by atoms with E-state index in [2.05, 4.69) is 48.1 Å². The van der Waals surface area contributed by atoms with E-state index in [0.717, 1.165) is 66.5 Å². The fourth-order valence-corrected chi connectivity index (χ4v) is 6.79. The maximum Gasteiger partial charge on any atom is 0.256 e. The average molecular weight is 677 g/mol. The summed E-state index contributed by atoms with van der Waals surface area (Å²) in [6.45, 7) is 4.94. The van der Waals surface area contributed by atoms with E-state index >= 15 is 0 Å². The maximum atomic E-state index is 13.3. The van der Waals surface area contributed by atoms with Crippen LogP contribution in [0.15, 0.2) is 78.9 Å². The molecule has 13 heteroatoms. The molecule has 0 aliphatic carbocycles. The van der Waals surface area contributed by atoms with Crippen molar-refractivity contribution in [3.05, 3.63) is 107 Å². The molecule has 2 atom stereocenters. The Bertz CT molecular complexity index is 1870. The van der Waals surface area contributed by atoms with Crippen LogP contribution in [-0.4, -0.2) is 83.0 Å². The summed E-state index contributed by atoms with van der Waals surface area (Å²) in [5.41, 5.74) is 5.97. The highest BCUT2D eigenvalue weighted by Crippen LogP contribution is 2.31. The number of H-pyrrole nitrogens is 1. The third-order valence-electron chi connectivity index (χ3n) is 9.54. The number of piperidine rings is 1. The van der Waals surface area contributed by atoms with Gasteiger partial charge < -0.3 is 25.2 Å². The van der Waals surface area contributed by atoms with E-state index in [-0.39, 0.29) is 23.6 Å². The number of benzene rings is 3. The van der Waals surface area contributed by atoms with Crippen LogP contribution in [0, 0.1) is 0 Å². The van der Waals surface area contributed by atoms with Gasteiger partial charge in [-0.15, -0.1) is 0 Å². The molecule has 0 saturated carbocycles. The summed E-state index contributed by atoms with van der Waals surface area (Å²) in [4.78, 5) is 56.5. The molecule has 7 rings (SSSR count). The van der Waals surface area contributed by atoms with Crippen LogP contribution in [-0.2, 0) is 38.8 Å². The molecule has 0 bridgehead atoms. The van der Waals surface area contributed by atoms with Gasteiger partial charge in [-0.25, -0.2) is 0 Å². The SMILES string of the molecule is CO[C@@H](C(=O)N1Cc2[nH]nc(NC(=O)c3ccc(N4CCN(Cc5cccc(NC6CCC(=O)NC6=O)c5)CC4)cc3)c2C1)c1ccccc1. The van der Waals surface area contributed by atoms with Gasteiger partial charge in [0.1, 0.15) is 6.04 Å². The van der Waals surface area contributed by atoms with Gasteiger partial charge in [-0.1, -0.05) is 42.5 Å². The predicted molar refractivity (Wildman–Crippen MR) is 187 cm³/mol. The normalized spacial score (nSPS) is 18.4. The van der Waals surface area contributed by atoms with Crippen LogP contribution in [0.3, 0.4) is 0 Å². The van der Waals surface area contributed by atoms with Gasteiger partial charge in [-0.05, 0) is 53.9 Å². The molecule has 0 radical (unpaired) electrons. The van der Waals surface area contributed by atoms with E-state index < -0.39 is 12.1 Å². The molecule has 1 aromatic heterocycles. The fourth-order valence-electron chi connectivity index (χ4n) is 6.79. The van der Waals surface area contributed by atoms with Crippen LogP contribution in [0.4, 0.5) is 17.2 Å². The van der Waals surface area contributed by atoms with Gasteiger partial charge in [0.05, 0.1) is 18.8 Å². The third-order valence-corrected chi connectivity index (χ3v) is 9.54. The van der Waals surface area contributed by atoms with Crippen LogP contribution < -0.4 is 20.9 Å². The van der Waals surface area contributed by atoms with Gasteiger partial charge in [0.25, 0.3) is 11.8 Å². The van der Waals surface area contributed by atoms with Crippen molar-refractivity contribution in [2.45, 2.75) is 44.6 Å². The van der Waals surface area contributed by atoms with Crippen molar-refractivity contribution in [2.24, 2.45) is 0 Å². The zero-order valence-electron chi connectivity index (χ0n) is 27.9. The number of imide groups is 1. The Hall–Kier alpha value is -5.53. The molecule has 4 heterocycles. The standard InChI is InChI=1S/C37H40N8O5/c1-50-33(25-7-3-2-4-8-25)37(49)45-22-29-31(23-45)41-42-34(29)40-35(47)26-10-12-28(13-11-26)44-18-16-43(17-19-44)21-24-6-5-9-27(20-24)38-30-14-15-32(46)39-36(30)48/h2-13,20,30,33,38H,14-19,21-23H2,1H3,(H,39,46,48)(H2,40,41,42,47)/t30?,33-/m1/s1. The molecule has 1 unspecified atom stereocenters. The largest absolute Gasteiger partial charge is 0.374 e. The summed E-state index contributed by atoms with van der Waals surface area (Å²) in [6, 6.07) is 24.6. The van der Waals surface area contributed by atoms with Gasteiger partial charge in [-0.2, -0.15) is 5.10 Å². The first-order chi connectivity index (χ1) is 24.3. The van der Waals surface area contributed by atoms with Gasteiger partial charge in [-0.3, -0.25) is 34.5 Å². The molecule has 2 saturated heterocycles. The number of nitrogens with zero attached hydrogens (tertiary/aromatic N) is 4. The summed E-state index contributed by atoms with van der Waals surface area (Å²) in [5.74, 6) is -0.496. The number of rotatable bonds is 10. The van der Waals surface area contributed by atoms with E-state index in [1.807, 2.05) is 66.7 Å². The van der Waals surface area contributed by atoms with Crippen molar-refractivity contribution < 1.29 is 23.9 Å². The number of hydrogen-bond donors (Lipinski definition) is 4. The van der Waals surface area contributed by atoms with E-state index in [1.165, 1.54) is 7.11 Å². The van der Waals surface area contributed by atoms with Crippen LogP contribution >= 0.6 is 0 Å². The number of aromatic amines is 1. The lowest BCUT2D eigenvalue weighted by molar-refractivity contribution is -0.143. The van der Waals surface area contributed by atoms with Crippen molar-refractivity contribution >= 4 is 40.8 Å². The lowest BCUT2D eigenvalue weighted by Crippen LogP contribution is -2.47. The molecule has 3 aromatic carbocycles. The monoisotopic (exact) mass is 676 g/mol. The first kappa shape index (κ1) is 33.0. The summed E-state index contributed by atoms with van der Waals surface area (Å²) >= 11 is 0. The molecule has 13 nitrogen and oxygen atoms in total. The van der Waals surface area contributed by atoms with Gasteiger partial charge in [0.15, 0.2) is 11.9 Å². The minimum Gasteiger partial charge on any atom is -0.374 e. The Morgan fingerprint density at radius 3 is 2.48 bits per heavy atom. The van der Waals surface area contributed by atoms with Crippen LogP contribution in [0.25, 0.3) is 0 Å². The number of methoxy groups -OCH3 is 1. The maximum absolute atomic E-state index is 13.3. The topological polar surface area (TPSA) is 152 Å². The van der Waals surface area contributed by atoms with Crippen LogP contribution in [0.2, 0.25) is 0 Å². The molecular weight excluding hydrogens is 636 g/mol. The summed E-state index contributed by atoms with van der Waals surface area (Å²) in [5, 5.41) is 15.9. The van der Waals surface area contributed by atoms with E-state index in [9.17, 15) is 19.2 Å². The number of nitrogens with one attached hydrogen (secondary N) is 4. The first-order valence-electron chi connectivity index (χ1n) is 16.8. The number of fused-ring (bicyclic) bond motifs is 1. The minimum absolute atomic E-state index is 0.148. The van der Waals surface area contributed by atoms with Crippen molar-refractivity contribution in [1.82, 2.24) is 25.3 Å². The molecule has 3 aliphatic heterocycles. The second kappa shape index (κ2) is 14.5. The number of carbonyl (C=O) groups is 4. The van der Waals surface area contributed by atoms with Crippen LogP contribution in [0.5, 0.6) is 0 Å². The molecule has 3 aliphatic rings. The highest BCUT2D eigenvalue weighted by Gasteiger charge is 2.33. The second-order valence-corrected chi connectivity index (χ2v) is 12.9. The molecule has 0 spiro atoms. The zero-order valence-corrected chi connectivity index (χ0v) is 27.9. The Labute approximate surface area is 290 Å².